The molecule has 0 aliphatic rings. The molecule has 0 saturated carbocycles. The molecule has 3 rings (SSSR count). The third-order valence-corrected chi connectivity index (χ3v) is 5.09. The van der Waals surface area contributed by atoms with Gasteiger partial charge in [-0.25, -0.2) is 19.0 Å². The molecule has 0 bridgehead atoms. The average Bonchev–Trinajstić information content (AvgIpc) is 2.72. The van der Waals surface area contributed by atoms with E-state index < -0.39 is 23.6 Å². The Kier molecular flexibility index (Phi) is 6.79. The first-order valence-corrected chi connectivity index (χ1v) is 10.4. The number of hydrogen-bond acceptors (Lipinski definition) is 5. The van der Waals surface area contributed by atoms with Crippen LogP contribution in [0.3, 0.4) is 0 Å². The molecule has 150 valence electrons. The van der Waals surface area contributed by atoms with Gasteiger partial charge in [-0.3, -0.25) is 4.31 Å². The predicted octanol–water partition coefficient (Wildman–Crippen LogP) is 3.56. The second-order valence-corrected chi connectivity index (χ2v) is 7.77. The van der Waals surface area contributed by atoms with E-state index in [9.17, 15) is 9.00 Å². The van der Waals surface area contributed by atoms with Crippen molar-refractivity contribution in [2.45, 2.75) is 6.54 Å². The van der Waals surface area contributed by atoms with Gasteiger partial charge in [0.15, 0.2) is 6.61 Å². The second kappa shape index (κ2) is 9.49. The topological polar surface area (TPSA) is 92.6 Å². The summed E-state index contributed by atoms with van der Waals surface area (Å²) in [6, 6.07) is 14.5. The van der Waals surface area contributed by atoms with Crippen LogP contribution < -0.4 is 9.04 Å². The Hall–Kier alpha value is -2.97. The van der Waals surface area contributed by atoms with Crippen molar-refractivity contribution in [2.24, 2.45) is 0 Å². The van der Waals surface area contributed by atoms with Crippen LogP contribution in [0.1, 0.15) is 5.56 Å². The van der Waals surface area contributed by atoms with E-state index >= 15 is 0 Å². The standard InChI is InChI=1S/C20H18ClN3O4S/c1-29(27)24(12-14-5-3-2-4-6-14)20-22-10-15(11-23-20)17-9-16(21)7-8-18(17)28-13-19(25)26/h2-11H,12-13H2,1H3,(H,25,26). The van der Waals surface area contributed by atoms with Crippen LogP contribution in [0.25, 0.3) is 11.1 Å². The minimum Gasteiger partial charge on any atom is -0.481 e. The molecule has 1 atom stereocenters. The van der Waals surface area contributed by atoms with Gasteiger partial charge in [-0.05, 0) is 23.8 Å². The number of carboxylic acids is 1. The van der Waals surface area contributed by atoms with Crippen molar-refractivity contribution >= 4 is 34.5 Å². The molecule has 7 nitrogen and oxygen atoms in total. The van der Waals surface area contributed by atoms with Crippen molar-refractivity contribution in [3.05, 3.63) is 71.5 Å². The second-order valence-electron chi connectivity index (χ2n) is 6.04. The van der Waals surface area contributed by atoms with E-state index in [-0.39, 0.29) is 0 Å². The highest BCUT2D eigenvalue weighted by Gasteiger charge is 2.16. The van der Waals surface area contributed by atoms with Gasteiger partial charge in [0, 0.05) is 34.8 Å². The van der Waals surface area contributed by atoms with Gasteiger partial charge >= 0.3 is 5.97 Å². The van der Waals surface area contributed by atoms with Crippen LogP contribution in [0, 0.1) is 0 Å². The molecule has 0 spiro atoms. The summed E-state index contributed by atoms with van der Waals surface area (Å²) in [4.78, 5) is 19.5. The lowest BCUT2D eigenvalue weighted by Gasteiger charge is -2.19. The number of carbonyl (C=O) groups is 1. The fourth-order valence-corrected chi connectivity index (χ4v) is 3.44. The zero-order chi connectivity index (χ0) is 20.8. The summed E-state index contributed by atoms with van der Waals surface area (Å²) in [5.74, 6) is -0.415. The predicted molar refractivity (Wildman–Crippen MR) is 112 cm³/mol. The molecule has 1 aromatic heterocycles. The van der Waals surface area contributed by atoms with Crippen molar-refractivity contribution in [2.75, 3.05) is 17.2 Å². The monoisotopic (exact) mass is 431 g/mol. The molecule has 9 heteroatoms. The van der Waals surface area contributed by atoms with Crippen molar-refractivity contribution in [3.8, 4) is 16.9 Å². The number of halogens is 1. The highest BCUT2D eigenvalue weighted by Crippen LogP contribution is 2.32. The fourth-order valence-electron chi connectivity index (χ4n) is 2.61. The molecule has 2 aromatic carbocycles. The smallest absolute Gasteiger partial charge is 0.341 e. The first-order valence-electron chi connectivity index (χ1n) is 8.55. The van der Waals surface area contributed by atoms with Crippen LogP contribution in [-0.4, -0.2) is 38.1 Å². The maximum Gasteiger partial charge on any atom is 0.341 e. The van der Waals surface area contributed by atoms with Gasteiger partial charge in [-0.2, -0.15) is 0 Å². The van der Waals surface area contributed by atoms with Crippen LogP contribution >= 0.6 is 11.6 Å². The lowest BCUT2D eigenvalue weighted by Crippen LogP contribution is -2.26. The van der Waals surface area contributed by atoms with Gasteiger partial charge in [0.25, 0.3) is 0 Å². The van der Waals surface area contributed by atoms with Gasteiger partial charge in [0.2, 0.25) is 5.95 Å². The largest absolute Gasteiger partial charge is 0.481 e. The molecule has 29 heavy (non-hydrogen) atoms. The SMILES string of the molecule is CS(=O)N(Cc1ccccc1)c1ncc(-c2cc(Cl)ccc2OCC(=O)O)cn1. The van der Waals surface area contributed by atoms with Gasteiger partial charge in [0.1, 0.15) is 16.7 Å². The summed E-state index contributed by atoms with van der Waals surface area (Å²) in [6.07, 6.45) is 4.69. The summed E-state index contributed by atoms with van der Waals surface area (Å²) in [5.41, 5.74) is 2.14. The number of hydrogen-bond donors (Lipinski definition) is 1. The highest BCUT2D eigenvalue weighted by molar-refractivity contribution is 7.85. The zero-order valence-electron chi connectivity index (χ0n) is 15.5. The van der Waals surface area contributed by atoms with E-state index in [2.05, 4.69) is 9.97 Å². The summed E-state index contributed by atoms with van der Waals surface area (Å²) < 4.78 is 19.1. The number of benzene rings is 2. The van der Waals surface area contributed by atoms with E-state index in [4.69, 9.17) is 21.4 Å². The van der Waals surface area contributed by atoms with Crippen LogP contribution in [0.5, 0.6) is 5.75 Å². The van der Waals surface area contributed by atoms with E-state index in [1.165, 1.54) is 0 Å². The highest BCUT2D eigenvalue weighted by atomic mass is 35.5. The van der Waals surface area contributed by atoms with Gasteiger partial charge < -0.3 is 9.84 Å². The van der Waals surface area contributed by atoms with Crippen molar-refractivity contribution < 1.29 is 18.8 Å². The van der Waals surface area contributed by atoms with Crippen molar-refractivity contribution in [3.63, 3.8) is 0 Å². The minimum atomic E-state index is -1.33. The first-order chi connectivity index (χ1) is 13.9. The molecule has 0 aliphatic heterocycles. The molecule has 0 fully saturated rings. The molecule has 1 N–H and O–H groups in total. The molecule has 0 saturated heterocycles. The maximum absolute atomic E-state index is 12.2. The molecule has 0 aliphatic carbocycles. The Morgan fingerprint density at radius 2 is 1.86 bits per heavy atom. The van der Waals surface area contributed by atoms with Crippen molar-refractivity contribution in [1.82, 2.24) is 9.97 Å². The normalized spacial score (nSPS) is 11.7. The number of aromatic nitrogens is 2. The number of rotatable bonds is 8. The Labute approximate surface area is 175 Å². The van der Waals surface area contributed by atoms with Crippen LogP contribution in [0.2, 0.25) is 5.02 Å². The molecule has 0 amide bonds. The molecule has 3 aromatic rings. The molecular weight excluding hydrogens is 414 g/mol. The molecule has 1 heterocycles. The third-order valence-electron chi connectivity index (χ3n) is 3.94. The third kappa shape index (κ3) is 5.52. The quantitative estimate of drug-likeness (QED) is 0.586. The van der Waals surface area contributed by atoms with Crippen LogP contribution in [-0.2, 0) is 22.3 Å². The summed E-state index contributed by atoms with van der Waals surface area (Å²) in [6.45, 7) is -0.0827. The number of carboxylic acid groups (broad SMARTS) is 1. The Balaban J connectivity index is 1.88. The number of nitrogens with zero attached hydrogens (tertiary/aromatic N) is 3. The molecular formula is C20H18ClN3O4S. The van der Waals surface area contributed by atoms with Crippen molar-refractivity contribution in [1.29, 1.82) is 0 Å². The fraction of sp³-hybridized carbons (Fsp3) is 0.150. The summed E-state index contributed by atoms with van der Waals surface area (Å²) in [5, 5.41) is 9.32. The Morgan fingerprint density at radius 3 is 2.48 bits per heavy atom. The number of aliphatic carboxylic acids is 1. The van der Waals surface area contributed by atoms with E-state index in [0.29, 0.717) is 34.4 Å². The Bertz CT molecular complexity index is 1020. The molecule has 1 unspecified atom stereocenters. The maximum atomic E-state index is 12.2. The average molecular weight is 432 g/mol. The van der Waals surface area contributed by atoms with E-state index in [1.807, 2.05) is 30.3 Å². The van der Waals surface area contributed by atoms with Gasteiger partial charge in [-0.1, -0.05) is 41.9 Å². The summed E-state index contributed by atoms with van der Waals surface area (Å²) >= 11 is 6.08. The van der Waals surface area contributed by atoms with Crippen LogP contribution in [0.4, 0.5) is 5.95 Å². The van der Waals surface area contributed by atoms with Gasteiger partial charge in [0.05, 0.1) is 6.54 Å². The Morgan fingerprint density at radius 1 is 1.17 bits per heavy atom. The lowest BCUT2D eigenvalue weighted by molar-refractivity contribution is -0.139. The van der Waals surface area contributed by atoms with Crippen LogP contribution in [0.15, 0.2) is 60.9 Å². The minimum absolute atomic E-state index is 0.313. The summed E-state index contributed by atoms with van der Waals surface area (Å²) in [7, 11) is -1.33. The first kappa shape index (κ1) is 20.8. The van der Waals surface area contributed by atoms with Gasteiger partial charge in [-0.15, -0.1) is 0 Å². The number of anilines is 1. The van der Waals surface area contributed by atoms with E-state index in [1.54, 1.807) is 41.2 Å². The lowest BCUT2D eigenvalue weighted by atomic mass is 10.1. The molecule has 0 radical (unpaired) electrons. The number of ether oxygens (including phenoxy) is 1. The van der Waals surface area contributed by atoms with E-state index in [0.717, 1.165) is 5.56 Å². The zero-order valence-corrected chi connectivity index (χ0v) is 17.1.